The Bertz CT molecular complexity index is 722. The minimum atomic E-state index is 0.655. The van der Waals surface area contributed by atoms with Crippen molar-refractivity contribution >= 4 is 34.5 Å². The van der Waals surface area contributed by atoms with Gasteiger partial charge in [0, 0.05) is 27.4 Å². The highest BCUT2D eigenvalue weighted by molar-refractivity contribution is 7.10. The van der Waals surface area contributed by atoms with Crippen molar-refractivity contribution in [2.45, 2.75) is 6.42 Å². The van der Waals surface area contributed by atoms with Crippen LogP contribution in [0.25, 0.3) is 11.3 Å². The molecule has 0 radical (unpaired) electrons. The van der Waals surface area contributed by atoms with E-state index in [9.17, 15) is 0 Å². The third kappa shape index (κ3) is 3.04. The van der Waals surface area contributed by atoms with Crippen LogP contribution in [-0.2, 0) is 6.42 Å². The van der Waals surface area contributed by atoms with Crippen molar-refractivity contribution in [3.8, 4) is 11.3 Å². The zero-order valence-corrected chi connectivity index (χ0v) is 12.8. The van der Waals surface area contributed by atoms with E-state index in [4.69, 9.17) is 23.2 Å². The van der Waals surface area contributed by atoms with Gasteiger partial charge in [0.25, 0.3) is 0 Å². The van der Waals surface area contributed by atoms with E-state index in [0.717, 1.165) is 28.2 Å². The molecule has 0 atom stereocenters. The molecule has 3 aromatic rings. The molecule has 0 aliphatic heterocycles. The van der Waals surface area contributed by atoms with E-state index in [1.165, 1.54) is 0 Å². The number of hydrogen-bond donors (Lipinski definition) is 0. The summed E-state index contributed by atoms with van der Waals surface area (Å²) in [5.74, 6) is 0. The van der Waals surface area contributed by atoms with E-state index < -0.39 is 0 Å². The number of aromatic nitrogens is 1. The zero-order chi connectivity index (χ0) is 13.9. The maximum absolute atomic E-state index is 6.20. The van der Waals surface area contributed by atoms with Gasteiger partial charge in [-0.2, -0.15) is 0 Å². The molecule has 1 heterocycles. The highest BCUT2D eigenvalue weighted by atomic mass is 35.5. The smallest absolute Gasteiger partial charge is 0.0977 e. The van der Waals surface area contributed by atoms with E-state index in [-0.39, 0.29) is 0 Å². The third-order valence-electron chi connectivity index (χ3n) is 2.98. The molecule has 4 heteroatoms. The number of halogens is 2. The summed E-state index contributed by atoms with van der Waals surface area (Å²) in [6.45, 7) is 0. The van der Waals surface area contributed by atoms with Gasteiger partial charge in [0.05, 0.1) is 10.7 Å². The van der Waals surface area contributed by atoms with Crippen molar-refractivity contribution in [3.63, 3.8) is 0 Å². The maximum Gasteiger partial charge on any atom is 0.0977 e. The van der Waals surface area contributed by atoms with Crippen LogP contribution in [0.4, 0.5) is 0 Å². The van der Waals surface area contributed by atoms with Crippen LogP contribution in [0.5, 0.6) is 0 Å². The molecule has 0 aliphatic rings. The Morgan fingerprint density at radius 2 is 1.80 bits per heavy atom. The zero-order valence-electron chi connectivity index (χ0n) is 10.5. The monoisotopic (exact) mass is 319 g/mol. The van der Waals surface area contributed by atoms with E-state index in [1.54, 1.807) is 17.4 Å². The van der Waals surface area contributed by atoms with Crippen molar-refractivity contribution in [2.75, 3.05) is 0 Å². The number of rotatable bonds is 3. The fraction of sp³-hybridized carbons (Fsp3) is 0.0625. The van der Waals surface area contributed by atoms with Gasteiger partial charge in [-0.1, -0.05) is 59.6 Å². The van der Waals surface area contributed by atoms with E-state index in [1.807, 2.05) is 30.3 Å². The first-order valence-electron chi connectivity index (χ1n) is 6.16. The van der Waals surface area contributed by atoms with Gasteiger partial charge in [-0.25, -0.2) is 4.98 Å². The van der Waals surface area contributed by atoms with Gasteiger partial charge in [0.1, 0.15) is 0 Å². The molecule has 0 amide bonds. The lowest BCUT2D eigenvalue weighted by Crippen LogP contribution is -1.89. The summed E-state index contributed by atoms with van der Waals surface area (Å²) in [5.41, 5.74) is 3.19. The molecule has 1 nitrogen and oxygen atoms in total. The first-order chi connectivity index (χ1) is 9.72. The quantitative estimate of drug-likeness (QED) is 0.602. The number of nitrogens with zero attached hydrogens (tertiary/aromatic N) is 1. The molecule has 100 valence electrons. The van der Waals surface area contributed by atoms with Crippen molar-refractivity contribution in [3.05, 3.63) is 74.5 Å². The molecule has 0 saturated carbocycles. The summed E-state index contributed by atoms with van der Waals surface area (Å²) in [4.78, 5) is 4.67. The highest BCUT2D eigenvalue weighted by Crippen LogP contribution is 2.27. The standard InChI is InChI=1S/C16H11Cl2NS/c17-13-7-6-12(14(18)9-13)8-16-19-15(10-20-16)11-4-2-1-3-5-11/h1-7,9-10H,8H2. The Labute approximate surface area is 131 Å². The van der Waals surface area contributed by atoms with Crippen LogP contribution in [0.15, 0.2) is 53.9 Å². The van der Waals surface area contributed by atoms with Gasteiger partial charge in [-0.05, 0) is 17.7 Å². The van der Waals surface area contributed by atoms with Crippen LogP contribution in [0.1, 0.15) is 10.6 Å². The number of thiazole rings is 1. The topological polar surface area (TPSA) is 12.9 Å². The van der Waals surface area contributed by atoms with Crippen LogP contribution < -0.4 is 0 Å². The second-order valence-electron chi connectivity index (χ2n) is 4.41. The fourth-order valence-electron chi connectivity index (χ4n) is 1.96. The normalized spacial score (nSPS) is 10.7. The Morgan fingerprint density at radius 1 is 1.00 bits per heavy atom. The minimum absolute atomic E-state index is 0.655. The van der Waals surface area contributed by atoms with Crippen LogP contribution in [0.3, 0.4) is 0 Å². The largest absolute Gasteiger partial charge is 0.241 e. The lowest BCUT2D eigenvalue weighted by molar-refractivity contribution is 1.14. The lowest BCUT2D eigenvalue weighted by Gasteiger charge is -2.02. The second kappa shape index (κ2) is 5.96. The highest BCUT2D eigenvalue weighted by Gasteiger charge is 2.07. The van der Waals surface area contributed by atoms with Gasteiger partial charge in [-0.15, -0.1) is 11.3 Å². The summed E-state index contributed by atoms with van der Waals surface area (Å²) in [5, 5.41) is 4.47. The lowest BCUT2D eigenvalue weighted by atomic mass is 10.1. The van der Waals surface area contributed by atoms with Crippen LogP contribution in [-0.4, -0.2) is 4.98 Å². The molecule has 0 fully saturated rings. The van der Waals surface area contributed by atoms with Crippen LogP contribution >= 0.6 is 34.5 Å². The predicted molar refractivity (Wildman–Crippen MR) is 86.8 cm³/mol. The Hall–Kier alpha value is -1.35. The minimum Gasteiger partial charge on any atom is -0.241 e. The van der Waals surface area contributed by atoms with E-state index in [2.05, 4.69) is 22.5 Å². The van der Waals surface area contributed by atoms with Gasteiger partial charge in [-0.3, -0.25) is 0 Å². The van der Waals surface area contributed by atoms with Gasteiger partial charge in [0.15, 0.2) is 0 Å². The van der Waals surface area contributed by atoms with Crippen molar-refractivity contribution in [1.29, 1.82) is 0 Å². The van der Waals surface area contributed by atoms with Crippen molar-refractivity contribution in [2.24, 2.45) is 0 Å². The second-order valence-corrected chi connectivity index (χ2v) is 6.19. The van der Waals surface area contributed by atoms with E-state index in [0.29, 0.717) is 10.0 Å². The Kier molecular flexibility index (Phi) is 4.06. The molecule has 0 N–H and O–H groups in total. The molecule has 0 bridgehead atoms. The molecule has 0 saturated heterocycles. The van der Waals surface area contributed by atoms with Crippen LogP contribution in [0, 0.1) is 0 Å². The first kappa shape index (κ1) is 13.6. The molecule has 20 heavy (non-hydrogen) atoms. The summed E-state index contributed by atoms with van der Waals surface area (Å²) >= 11 is 13.8. The summed E-state index contributed by atoms with van der Waals surface area (Å²) in [7, 11) is 0. The molecule has 1 aromatic heterocycles. The first-order valence-corrected chi connectivity index (χ1v) is 7.80. The van der Waals surface area contributed by atoms with Gasteiger partial charge < -0.3 is 0 Å². The molecule has 0 aliphatic carbocycles. The van der Waals surface area contributed by atoms with Crippen molar-refractivity contribution < 1.29 is 0 Å². The summed E-state index contributed by atoms with van der Waals surface area (Å²) in [6, 6.07) is 15.7. The Balaban J connectivity index is 1.84. The molecule has 3 rings (SSSR count). The average Bonchev–Trinajstić information content (AvgIpc) is 2.92. The number of hydrogen-bond acceptors (Lipinski definition) is 2. The predicted octanol–water partition coefficient (Wildman–Crippen LogP) is 5.71. The molecule has 0 spiro atoms. The SMILES string of the molecule is Clc1ccc(Cc2nc(-c3ccccc3)cs2)c(Cl)c1. The summed E-state index contributed by atoms with van der Waals surface area (Å²) < 4.78 is 0. The average molecular weight is 320 g/mol. The molecule has 2 aromatic carbocycles. The van der Waals surface area contributed by atoms with Gasteiger partial charge >= 0.3 is 0 Å². The molecular weight excluding hydrogens is 309 g/mol. The maximum atomic E-state index is 6.20. The Morgan fingerprint density at radius 3 is 2.55 bits per heavy atom. The van der Waals surface area contributed by atoms with Crippen LogP contribution in [0.2, 0.25) is 10.0 Å². The van der Waals surface area contributed by atoms with E-state index >= 15 is 0 Å². The molecular formula is C16H11Cl2NS. The van der Waals surface area contributed by atoms with Gasteiger partial charge in [0.2, 0.25) is 0 Å². The fourth-order valence-corrected chi connectivity index (χ4v) is 3.26. The number of benzene rings is 2. The molecule has 0 unspecified atom stereocenters. The third-order valence-corrected chi connectivity index (χ3v) is 4.41. The van der Waals surface area contributed by atoms with Crippen molar-refractivity contribution in [1.82, 2.24) is 4.98 Å². The summed E-state index contributed by atoms with van der Waals surface area (Å²) in [6.07, 6.45) is 0.730.